The first-order valence-corrected chi connectivity index (χ1v) is 8.21. The average Bonchev–Trinajstić information content (AvgIpc) is 2.58. The number of carboxylic acids is 1. The van der Waals surface area contributed by atoms with Crippen molar-refractivity contribution in [2.24, 2.45) is 0 Å². The number of halogens is 1. The lowest BCUT2D eigenvalue weighted by molar-refractivity contribution is -0.0936. The van der Waals surface area contributed by atoms with E-state index in [-0.39, 0.29) is 10.9 Å². The van der Waals surface area contributed by atoms with Gasteiger partial charge < -0.3 is 19.8 Å². The van der Waals surface area contributed by atoms with Gasteiger partial charge in [0.05, 0.1) is 11.2 Å². The summed E-state index contributed by atoms with van der Waals surface area (Å²) in [6.07, 6.45) is 2.07. The lowest BCUT2D eigenvalue weighted by Gasteiger charge is -2.33. The molecule has 2 heterocycles. The maximum atomic E-state index is 14.6. The molecule has 1 aromatic heterocycles. The number of hydrogen-bond donors (Lipinski definition) is 2. The molecule has 1 aliphatic rings. The van der Waals surface area contributed by atoms with Crippen molar-refractivity contribution >= 4 is 22.6 Å². The van der Waals surface area contributed by atoms with Crippen molar-refractivity contribution in [3.8, 4) is 0 Å². The van der Waals surface area contributed by atoms with E-state index < -0.39 is 17.2 Å². The highest BCUT2D eigenvalue weighted by Crippen LogP contribution is 2.26. The van der Waals surface area contributed by atoms with Crippen molar-refractivity contribution in [2.45, 2.75) is 19.9 Å². The minimum atomic E-state index is -1.32. The Labute approximate surface area is 143 Å². The number of fused-ring (bicyclic) bond motifs is 1. The van der Waals surface area contributed by atoms with E-state index in [9.17, 15) is 24.3 Å². The van der Waals surface area contributed by atoms with E-state index in [1.165, 1.54) is 11.3 Å². The first-order valence-electron chi connectivity index (χ1n) is 8.21. The molecule has 1 fully saturated rings. The normalized spacial score (nSPS) is 15.7. The molecule has 0 aliphatic carbocycles. The monoisotopic (exact) mass is 349 g/mol. The number of aryl methyl sites for hydroxylation is 1. The molecule has 0 saturated carbocycles. The largest absolute Gasteiger partial charge is 0.477 e. The fraction of sp³-hybridized carbons (Fsp3) is 0.412. The quantitative estimate of drug-likeness (QED) is 0.875. The Morgan fingerprint density at radius 2 is 1.92 bits per heavy atom. The number of benzene rings is 1. The molecule has 0 spiro atoms. The average molecular weight is 349 g/mol. The summed E-state index contributed by atoms with van der Waals surface area (Å²) in [6, 6.07) is 2.72. The van der Waals surface area contributed by atoms with Crippen LogP contribution in [0.5, 0.6) is 0 Å². The number of anilines is 1. The van der Waals surface area contributed by atoms with Crippen LogP contribution in [0.2, 0.25) is 0 Å². The van der Waals surface area contributed by atoms with Gasteiger partial charge in [0, 0.05) is 44.3 Å². The topological polar surface area (TPSA) is 86.0 Å². The van der Waals surface area contributed by atoms with Gasteiger partial charge >= 0.3 is 5.97 Å². The minimum Gasteiger partial charge on any atom is -0.477 e. The van der Waals surface area contributed by atoms with Crippen molar-refractivity contribution in [1.82, 2.24) is 9.63 Å². The molecule has 0 radical (unpaired) electrons. The van der Waals surface area contributed by atoms with Crippen LogP contribution in [-0.2, 0) is 6.54 Å². The van der Waals surface area contributed by atoms with Crippen LogP contribution in [0.25, 0.3) is 10.9 Å². The van der Waals surface area contributed by atoms with E-state index in [1.54, 1.807) is 10.6 Å². The SMILES string of the molecule is CCCn1cc(C(=O)O)c(=O)c2cc(F)c(N3CCN(O)CC3)cc21. The molecule has 7 nitrogen and oxygen atoms in total. The van der Waals surface area contributed by atoms with Crippen LogP contribution in [-0.4, -0.2) is 52.1 Å². The summed E-state index contributed by atoms with van der Waals surface area (Å²) in [5, 5.41) is 19.9. The zero-order chi connectivity index (χ0) is 18.1. The Kier molecular flexibility index (Phi) is 4.73. The maximum absolute atomic E-state index is 14.6. The first kappa shape index (κ1) is 17.4. The van der Waals surface area contributed by atoms with Gasteiger partial charge in [-0.3, -0.25) is 4.79 Å². The van der Waals surface area contributed by atoms with E-state index in [1.807, 2.05) is 11.8 Å². The minimum absolute atomic E-state index is 0.0652. The molecule has 0 bridgehead atoms. The number of aromatic carboxylic acids is 1. The molecule has 1 aromatic carbocycles. The fourth-order valence-corrected chi connectivity index (χ4v) is 3.16. The molecule has 2 aromatic rings. The summed E-state index contributed by atoms with van der Waals surface area (Å²) in [5.41, 5.74) is -0.171. The Bertz CT molecular complexity index is 872. The molecular weight excluding hydrogens is 329 g/mol. The standard InChI is InChI=1S/C17H20FN3O4/c1-2-3-20-10-12(17(23)24)16(22)11-8-13(18)15(9-14(11)20)19-4-6-21(25)7-5-19/h8-10,25H,2-7H2,1H3,(H,23,24). The van der Waals surface area contributed by atoms with E-state index in [2.05, 4.69) is 0 Å². The Balaban J connectivity index is 2.18. The van der Waals surface area contributed by atoms with Crippen molar-refractivity contribution in [1.29, 1.82) is 0 Å². The predicted octanol–water partition coefficient (Wildman–Crippen LogP) is 1.76. The molecule has 1 aliphatic heterocycles. The molecule has 134 valence electrons. The zero-order valence-electron chi connectivity index (χ0n) is 13.9. The smallest absolute Gasteiger partial charge is 0.341 e. The van der Waals surface area contributed by atoms with E-state index in [0.717, 1.165) is 12.5 Å². The van der Waals surface area contributed by atoms with Gasteiger partial charge in [-0.05, 0) is 18.6 Å². The number of nitrogens with zero attached hydrogens (tertiary/aromatic N) is 3. The summed E-state index contributed by atoms with van der Waals surface area (Å²) in [4.78, 5) is 25.5. The molecule has 0 amide bonds. The van der Waals surface area contributed by atoms with Crippen LogP contribution in [0.3, 0.4) is 0 Å². The highest BCUT2D eigenvalue weighted by molar-refractivity contribution is 5.93. The maximum Gasteiger partial charge on any atom is 0.341 e. The third-order valence-corrected chi connectivity index (χ3v) is 4.44. The van der Waals surface area contributed by atoms with Crippen molar-refractivity contribution in [3.63, 3.8) is 0 Å². The molecule has 0 atom stereocenters. The molecule has 0 unspecified atom stereocenters. The van der Waals surface area contributed by atoms with Gasteiger partial charge in [0.15, 0.2) is 0 Å². The third-order valence-electron chi connectivity index (χ3n) is 4.44. The van der Waals surface area contributed by atoms with Gasteiger partial charge in [-0.1, -0.05) is 6.92 Å². The number of carbonyl (C=O) groups is 1. The molecule has 8 heteroatoms. The van der Waals surface area contributed by atoms with Crippen LogP contribution in [0.1, 0.15) is 23.7 Å². The van der Waals surface area contributed by atoms with Crippen LogP contribution in [0.15, 0.2) is 23.1 Å². The number of hydrogen-bond acceptors (Lipinski definition) is 5. The lowest BCUT2D eigenvalue weighted by atomic mass is 10.1. The van der Waals surface area contributed by atoms with Gasteiger partial charge in [-0.15, -0.1) is 0 Å². The van der Waals surface area contributed by atoms with Crippen LogP contribution in [0, 0.1) is 5.82 Å². The summed E-state index contributed by atoms with van der Waals surface area (Å²) >= 11 is 0. The second kappa shape index (κ2) is 6.81. The predicted molar refractivity (Wildman–Crippen MR) is 91.0 cm³/mol. The molecule has 25 heavy (non-hydrogen) atoms. The fourth-order valence-electron chi connectivity index (χ4n) is 3.16. The number of piperazine rings is 1. The second-order valence-corrected chi connectivity index (χ2v) is 6.13. The van der Waals surface area contributed by atoms with Crippen molar-refractivity contribution in [3.05, 3.63) is 39.9 Å². The van der Waals surface area contributed by atoms with Gasteiger partial charge in [0.25, 0.3) is 0 Å². The van der Waals surface area contributed by atoms with E-state index in [4.69, 9.17) is 0 Å². The van der Waals surface area contributed by atoms with Gasteiger partial charge in [0.1, 0.15) is 11.4 Å². The summed E-state index contributed by atoms with van der Waals surface area (Å²) in [5.74, 6) is -1.89. The first-order chi connectivity index (χ1) is 11.9. The summed E-state index contributed by atoms with van der Waals surface area (Å²) in [7, 11) is 0. The summed E-state index contributed by atoms with van der Waals surface area (Å²) < 4.78 is 16.3. The lowest BCUT2D eigenvalue weighted by Crippen LogP contribution is -2.45. The van der Waals surface area contributed by atoms with Crippen molar-refractivity contribution in [2.75, 3.05) is 31.1 Å². The number of rotatable bonds is 4. The van der Waals surface area contributed by atoms with Crippen molar-refractivity contribution < 1.29 is 19.5 Å². The Morgan fingerprint density at radius 3 is 2.52 bits per heavy atom. The highest BCUT2D eigenvalue weighted by Gasteiger charge is 2.21. The number of aromatic nitrogens is 1. The third kappa shape index (κ3) is 3.22. The highest BCUT2D eigenvalue weighted by atomic mass is 19.1. The number of carboxylic acid groups (broad SMARTS) is 1. The molecule has 3 rings (SSSR count). The van der Waals surface area contributed by atoms with E-state index in [0.29, 0.717) is 43.9 Å². The molecular formula is C17H20FN3O4. The molecule has 2 N–H and O–H groups in total. The van der Waals surface area contributed by atoms with Crippen LogP contribution in [0.4, 0.5) is 10.1 Å². The number of hydroxylamine groups is 2. The number of pyridine rings is 1. The van der Waals surface area contributed by atoms with Gasteiger partial charge in [-0.25, -0.2) is 9.18 Å². The van der Waals surface area contributed by atoms with Crippen LogP contribution >= 0.6 is 0 Å². The molecule has 1 saturated heterocycles. The zero-order valence-corrected chi connectivity index (χ0v) is 13.9. The van der Waals surface area contributed by atoms with Crippen LogP contribution < -0.4 is 10.3 Å². The van der Waals surface area contributed by atoms with Gasteiger partial charge in [0.2, 0.25) is 5.43 Å². The Morgan fingerprint density at radius 1 is 1.24 bits per heavy atom. The van der Waals surface area contributed by atoms with E-state index >= 15 is 0 Å². The Hall–Kier alpha value is -2.45. The summed E-state index contributed by atoms with van der Waals surface area (Å²) in [6.45, 7) is 4.19. The van der Waals surface area contributed by atoms with Gasteiger partial charge in [-0.2, -0.15) is 5.06 Å². The second-order valence-electron chi connectivity index (χ2n) is 6.13.